The summed E-state index contributed by atoms with van der Waals surface area (Å²) in [5.41, 5.74) is 2.67. The minimum atomic E-state index is -0.0266. The van der Waals surface area contributed by atoms with E-state index in [1.165, 1.54) is 24.8 Å². The van der Waals surface area contributed by atoms with Gasteiger partial charge in [0.25, 0.3) is 5.91 Å². The fourth-order valence-corrected chi connectivity index (χ4v) is 4.30. The molecule has 1 amide bonds. The van der Waals surface area contributed by atoms with Gasteiger partial charge in [0.2, 0.25) is 0 Å². The highest BCUT2D eigenvalue weighted by Crippen LogP contribution is 2.73. The molecule has 4 nitrogen and oxygen atoms in total. The lowest BCUT2D eigenvalue weighted by Gasteiger charge is -2.71. The number of amides is 1. The second kappa shape index (κ2) is 5.08. The van der Waals surface area contributed by atoms with Crippen molar-refractivity contribution >= 4 is 5.91 Å². The van der Waals surface area contributed by atoms with E-state index in [0.717, 1.165) is 12.3 Å². The second-order valence-corrected chi connectivity index (χ2v) is 6.96. The van der Waals surface area contributed by atoms with E-state index >= 15 is 0 Å². The maximum absolute atomic E-state index is 12.1. The summed E-state index contributed by atoms with van der Waals surface area (Å²) in [4.78, 5) is 16.1. The molecule has 0 atom stereocenters. The Hall–Kier alpha value is -2.36. The predicted octanol–water partition coefficient (Wildman–Crippen LogP) is 2.94. The molecule has 0 radical (unpaired) electrons. The highest BCUT2D eigenvalue weighted by Gasteiger charge is 2.67. The topological polar surface area (TPSA) is 51.2 Å². The summed E-state index contributed by atoms with van der Waals surface area (Å²) >= 11 is 0. The Morgan fingerprint density at radius 2 is 1.96 bits per heavy atom. The van der Waals surface area contributed by atoms with Crippen molar-refractivity contribution < 1.29 is 9.53 Å². The number of benzene rings is 1. The number of nitrogens with one attached hydrogen (secondary N) is 1. The molecular formula is C19H20N2O2. The standard InChI is InChI=1S/C19H20N2O2/c1-23-16-6-4-15(5-7-16)19-10-18(11-19,12-19)13-21-17(22)14-3-2-8-20-9-14/h2-9H,10-13H2,1H3,(H,21,22). The average molecular weight is 308 g/mol. The van der Waals surface area contributed by atoms with Crippen LogP contribution in [0.2, 0.25) is 0 Å². The van der Waals surface area contributed by atoms with Crippen molar-refractivity contribution in [2.75, 3.05) is 13.7 Å². The van der Waals surface area contributed by atoms with Gasteiger partial charge in [-0.15, -0.1) is 0 Å². The van der Waals surface area contributed by atoms with E-state index in [2.05, 4.69) is 22.4 Å². The number of ether oxygens (including phenoxy) is 1. The van der Waals surface area contributed by atoms with Crippen LogP contribution in [0.25, 0.3) is 0 Å². The van der Waals surface area contributed by atoms with Crippen molar-refractivity contribution in [3.63, 3.8) is 0 Å². The van der Waals surface area contributed by atoms with E-state index in [1.807, 2.05) is 12.1 Å². The van der Waals surface area contributed by atoms with Gasteiger partial charge < -0.3 is 10.1 Å². The summed E-state index contributed by atoms with van der Waals surface area (Å²) in [6.07, 6.45) is 6.78. The Morgan fingerprint density at radius 3 is 2.57 bits per heavy atom. The maximum Gasteiger partial charge on any atom is 0.252 e. The molecule has 1 aromatic heterocycles. The summed E-state index contributed by atoms with van der Waals surface area (Å²) in [6.45, 7) is 0.763. The number of pyridine rings is 1. The highest BCUT2D eigenvalue weighted by molar-refractivity contribution is 5.93. The number of methoxy groups -OCH3 is 1. The summed E-state index contributed by atoms with van der Waals surface area (Å²) in [6, 6.07) is 12.0. The third-order valence-electron chi connectivity index (χ3n) is 5.39. The van der Waals surface area contributed by atoms with Gasteiger partial charge in [0.1, 0.15) is 5.75 Å². The fraction of sp³-hybridized carbons (Fsp3) is 0.368. The Kier molecular flexibility index (Phi) is 3.15. The molecule has 0 saturated heterocycles. The molecule has 1 N–H and O–H groups in total. The Balaban J connectivity index is 1.34. The van der Waals surface area contributed by atoms with Crippen LogP contribution < -0.4 is 10.1 Å². The molecule has 118 valence electrons. The zero-order valence-corrected chi connectivity index (χ0v) is 13.2. The van der Waals surface area contributed by atoms with Gasteiger partial charge in [0.15, 0.2) is 0 Å². The van der Waals surface area contributed by atoms with Crippen LogP contribution >= 0.6 is 0 Å². The molecular weight excluding hydrogens is 288 g/mol. The Morgan fingerprint density at radius 1 is 1.22 bits per heavy atom. The summed E-state index contributed by atoms with van der Waals surface area (Å²) in [5.74, 6) is 0.875. The van der Waals surface area contributed by atoms with Gasteiger partial charge in [0.05, 0.1) is 12.7 Å². The molecule has 3 aliphatic rings. The maximum atomic E-state index is 12.1. The molecule has 2 bridgehead atoms. The molecule has 3 fully saturated rings. The van der Waals surface area contributed by atoms with Crippen molar-refractivity contribution in [1.82, 2.24) is 10.3 Å². The number of hydrogen-bond acceptors (Lipinski definition) is 3. The molecule has 3 aliphatic carbocycles. The van der Waals surface area contributed by atoms with Crippen LogP contribution in [-0.2, 0) is 5.41 Å². The minimum absolute atomic E-state index is 0.0266. The number of nitrogens with zero attached hydrogens (tertiary/aromatic N) is 1. The highest BCUT2D eigenvalue weighted by atomic mass is 16.5. The van der Waals surface area contributed by atoms with E-state index in [9.17, 15) is 4.79 Å². The Labute approximate surface area is 135 Å². The molecule has 3 saturated carbocycles. The fourth-order valence-electron chi connectivity index (χ4n) is 4.30. The lowest BCUT2D eigenvalue weighted by molar-refractivity contribution is -0.136. The van der Waals surface area contributed by atoms with Crippen molar-refractivity contribution in [2.24, 2.45) is 5.41 Å². The zero-order valence-electron chi connectivity index (χ0n) is 13.2. The van der Waals surface area contributed by atoms with E-state index in [4.69, 9.17) is 4.74 Å². The second-order valence-electron chi connectivity index (χ2n) is 6.96. The lowest BCUT2D eigenvalue weighted by Crippen LogP contribution is -2.68. The van der Waals surface area contributed by atoms with Gasteiger partial charge in [0, 0.05) is 18.9 Å². The summed E-state index contributed by atoms with van der Waals surface area (Å²) < 4.78 is 5.22. The average Bonchev–Trinajstić information content (AvgIpc) is 2.53. The van der Waals surface area contributed by atoms with E-state index in [1.54, 1.807) is 31.6 Å². The van der Waals surface area contributed by atoms with Crippen LogP contribution in [0.15, 0.2) is 48.8 Å². The largest absolute Gasteiger partial charge is 0.497 e. The number of carbonyl (C=O) groups excluding carboxylic acids is 1. The van der Waals surface area contributed by atoms with Crippen molar-refractivity contribution in [1.29, 1.82) is 0 Å². The van der Waals surface area contributed by atoms with Gasteiger partial charge in [-0.3, -0.25) is 9.78 Å². The predicted molar refractivity (Wildman–Crippen MR) is 87.5 cm³/mol. The summed E-state index contributed by atoms with van der Waals surface area (Å²) in [5, 5.41) is 3.07. The van der Waals surface area contributed by atoms with E-state index in [-0.39, 0.29) is 5.91 Å². The first kappa shape index (κ1) is 14.2. The number of rotatable bonds is 5. The van der Waals surface area contributed by atoms with Gasteiger partial charge >= 0.3 is 0 Å². The molecule has 0 unspecified atom stereocenters. The molecule has 5 rings (SSSR count). The number of aromatic nitrogens is 1. The molecule has 1 aromatic carbocycles. The molecule has 2 aromatic rings. The van der Waals surface area contributed by atoms with Gasteiger partial charge in [-0.05, 0) is 59.9 Å². The van der Waals surface area contributed by atoms with Crippen molar-refractivity contribution in [2.45, 2.75) is 24.7 Å². The molecule has 0 spiro atoms. The number of carbonyl (C=O) groups is 1. The van der Waals surface area contributed by atoms with Crippen LogP contribution in [0.4, 0.5) is 0 Å². The minimum Gasteiger partial charge on any atom is -0.497 e. The number of hydrogen-bond donors (Lipinski definition) is 1. The zero-order chi connectivity index (χ0) is 15.9. The van der Waals surface area contributed by atoms with E-state index < -0.39 is 0 Å². The third kappa shape index (κ3) is 2.29. The SMILES string of the molecule is COc1ccc(C23CC(CNC(=O)c4cccnc4)(C2)C3)cc1. The van der Waals surface area contributed by atoms with Crippen LogP contribution in [0, 0.1) is 5.41 Å². The van der Waals surface area contributed by atoms with Crippen LogP contribution in [0.3, 0.4) is 0 Å². The molecule has 1 heterocycles. The van der Waals surface area contributed by atoms with E-state index in [0.29, 0.717) is 16.4 Å². The van der Waals surface area contributed by atoms with Crippen LogP contribution in [0.5, 0.6) is 5.75 Å². The van der Waals surface area contributed by atoms with Crippen molar-refractivity contribution in [3.05, 3.63) is 59.9 Å². The van der Waals surface area contributed by atoms with Crippen LogP contribution in [-0.4, -0.2) is 24.5 Å². The van der Waals surface area contributed by atoms with Crippen LogP contribution in [0.1, 0.15) is 35.2 Å². The van der Waals surface area contributed by atoms with Gasteiger partial charge in [-0.1, -0.05) is 12.1 Å². The van der Waals surface area contributed by atoms with Gasteiger partial charge in [-0.2, -0.15) is 0 Å². The van der Waals surface area contributed by atoms with Crippen molar-refractivity contribution in [3.8, 4) is 5.75 Å². The molecule has 0 aliphatic heterocycles. The first-order valence-corrected chi connectivity index (χ1v) is 7.98. The Bertz CT molecular complexity index is 705. The smallest absolute Gasteiger partial charge is 0.252 e. The molecule has 4 heteroatoms. The first-order chi connectivity index (χ1) is 11.1. The van der Waals surface area contributed by atoms with Gasteiger partial charge in [-0.25, -0.2) is 0 Å². The summed E-state index contributed by atoms with van der Waals surface area (Å²) in [7, 11) is 1.69. The quantitative estimate of drug-likeness (QED) is 0.924. The molecule has 23 heavy (non-hydrogen) atoms. The monoisotopic (exact) mass is 308 g/mol. The lowest BCUT2D eigenvalue weighted by atomic mass is 9.33. The third-order valence-corrected chi connectivity index (χ3v) is 5.39. The first-order valence-electron chi connectivity index (χ1n) is 7.98. The normalized spacial score (nSPS) is 27.5.